The molecule has 1 rings (SSSR count). The number of nitrogens with zero attached hydrogens (tertiary/aromatic N) is 3. The molecule has 0 unspecified atom stereocenters. The van der Waals surface area contributed by atoms with Crippen molar-refractivity contribution in [3.63, 3.8) is 0 Å². The van der Waals surface area contributed by atoms with Crippen molar-refractivity contribution >= 4 is 5.95 Å². The van der Waals surface area contributed by atoms with E-state index in [1.54, 1.807) is 7.11 Å². The zero-order valence-corrected chi connectivity index (χ0v) is 13.9. The van der Waals surface area contributed by atoms with Gasteiger partial charge in [-0.05, 0) is 27.3 Å². The van der Waals surface area contributed by atoms with Crippen LogP contribution in [0.5, 0.6) is 0 Å². The maximum atomic E-state index is 5.34. The van der Waals surface area contributed by atoms with Crippen molar-refractivity contribution in [2.24, 2.45) is 0 Å². The first kappa shape index (κ1) is 17.9. The average molecular weight is 298 g/mol. The first-order valence-corrected chi connectivity index (χ1v) is 7.70. The molecule has 0 aliphatic carbocycles. The van der Waals surface area contributed by atoms with Gasteiger partial charge >= 0.3 is 0 Å². The molecule has 21 heavy (non-hydrogen) atoms. The fraction of sp³-hybridized carbons (Fsp3) is 0.800. The van der Waals surface area contributed by atoms with Gasteiger partial charge in [0.2, 0.25) is 5.95 Å². The Labute approximate surface area is 128 Å². The largest absolute Gasteiger partial charge is 0.383 e. The van der Waals surface area contributed by atoms with E-state index in [1.165, 1.54) is 0 Å². The molecule has 0 bridgehead atoms. The lowest BCUT2D eigenvalue weighted by atomic mass is 10.4. The summed E-state index contributed by atoms with van der Waals surface area (Å²) in [6, 6.07) is 0. The van der Waals surface area contributed by atoms with Crippen molar-refractivity contribution in [2.45, 2.75) is 26.8 Å². The summed E-state index contributed by atoms with van der Waals surface area (Å²) < 4.78 is 12.6. The second kappa shape index (κ2) is 10.6. The van der Waals surface area contributed by atoms with Gasteiger partial charge in [0.05, 0.1) is 12.3 Å². The normalized spacial score (nSPS) is 11.3. The van der Waals surface area contributed by atoms with Crippen molar-refractivity contribution in [3.8, 4) is 0 Å². The third-order valence-corrected chi connectivity index (χ3v) is 3.25. The molecule has 122 valence electrons. The molecule has 1 aromatic heterocycles. The van der Waals surface area contributed by atoms with Crippen molar-refractivity contribution in [3.05, 3.63) is 11.9 Å². The molecule has 0 radical (unpaired) electrons. The van der Waals surface area contributed by atoms with Crippen molar-refractivity contribution in [1.82, 2.24) is 14.5 Å². The third kappa shape index (κ3) is 7.45. The quantitative estimate of drug-likeness (QED) is 0.594. The fourth-order valence-corrected chi connectivity index (χ4v) is 2.01. The van der Waals surface area contributed by atoms with E-state index >= 15 is 0 Å². The summed E-state index contributed by atoms with van der Waals surface area (Å²) in [5.74, 6) is 0.948. The highest BCUT2D eigenvalue weighted by atomic mass is 16.5. The van der Waals surface area contributed by atoms with Gasteiger partial charge in [-0.1, -0.05) is 0 Å². The summed E-state index contributed by atoms with van der Waals surface area (Å²) in [4.78, 5) is 6.80. The first-order chi connectivity index (χ1) is 10.2. The first-order valence-electron chi connectivity index (χ1n) is 7.70. The van der Waals surface area contributed by atoms with Crippen LogP contribution >= 0.6 is 0 Å². The lowest BCUT2D eigenvalue weighted by Gasteiger charge is -2.17. The minimum absolute atomic E-state index is 0.766. The Morgan fingerprint density at radius 3 is 2.86 bits per heavy atom. The van der Waals surface area contributed by atoms with Crippen LogP contribution in [-0.4, -0.2) is 68.1 Å². The Morgan fingerprint density at radius 2 is 2.14 bits per heavy atom. The molecule has 6 heteroatoms. The lowest BCUT2D eigenvalue weighted by Crippen LogP contribution is -2.27. The molecule has 0 fully saturated rings. The zero-order chi connectivity index (χ0) is 15.5. The molecule has 1 aromatic rings. The van der Waals surface area contributed by atoms with Crippen LogP contribution in [0.15, 0.2) is 6.20 Å². The SMILES string of the molecule is CCOCCCNc1nc(C)cn1CCN(C)CCOC. The summed E-state index contributed by atoms with van der Waals surface area (Å²) in [7, 11) is 3.84. The predicted octanol–water partition coefficient (Wildman–Crippen LogP) is 1.61. The molecule has 0 amide bonds. The Balaban J connectivity index is 2.36. The number of likely N-dealkylation sites (N-methyl/N-ethyl adjacent to an activating group) is 1. The van der Waals surface area contributed by atoms with E-state index in [0.29, 0.717) is 0 Å². The van der Waals surface area contributed by atoms with Crippen LogP contribution in [0.4, 0.5) is 5.95 Å². The number of methoxy groups -OCH3 is 1. The highest BCUT2D eigenvalue weighted by molar-refractivity contribution is 5.28. The molecular weight excluding hydrogens is 268 g/mol. The van der Waals surface area contributed by atoms with Gasteiger partial charge in [0.1, 0.15) is 0 Å². The highest BCUT2D eigenvalue weighted by Crippen LogP contribution is 2.08. The van der Waals surface area contributed by atoms with E-state index in [4.69, 9.17) is 9.47 Å². The monoisotopic (exact) mass is 298 g/mol. The van der Waals surface area contributed by atoms with E-state index in [9.17, 15) is 0 Å². The summed E-state index contributed by atoms with van der Waals surface area (Å²) in [5, 5.41) is 3.39. The van der Waals surface area contributed by atoms with Gasteiger partial charge in [0, 0.05) is 52.7 Å². The van der Waals surface area contributed by atoms with Gasteiger partial charge in [0.25, 0.3) is 0 Å². The van der Waals surface area contributed by atoms with E-state index in [1.807, 2.05) is 13.8 Å². The van der Waals surface area contributed by atoms with Gasteiger partial charge < -0.3 is 24.3 Å². The number of aromatic nitrogens is 2. The number of hydrogen-bond donors (Lipinski definition) is 1. The summed E-state index contributed by atoms with van der Waals surface area (Å²) in [6.45, 7) is 10.1. The topological polar surface area (TPSA) is 51.5 Å². The standard InChI is InChI=1S/C15H30N4O2/c1-5-21-11-6-7-16-15-17-14(2)13-19(15)9-8-18(3)10-12-20-4/h13H,5-12H2,1-4H3,(H,16,17). The molecule has 0 saturated carbocycles. The molecule has 1 heterocycles. The second-order valence-electron chi connectivity index (χ2n) is 5.17. The van der Waals surface area contributed by atoms with Gasteiger partial charge in [-0.15, -0.1) is 0 Å². The molecule has 6 nitrogen and oxygen atoms in total. The van der Waals surface area contributed by atoms with E-state index in [0.717, 1.165) is 64.1 Å². The lowest BCUT2D eigenvalue weighted by molar-refractivity contribution is 0.147. The van der Waals surface area contributed by atoms with Gasteiger partial charge in [-0.25, -0.2) is 4.98 Å². The predicted molar refractivity (Wildman–Crippen MR) is 85.9 cm³/mol. The minimum Gasteiger partial charge on any atom is -0.383 e. The van der Waals surface area contributed by atoms with E-state index < -0.39 is 0 Å². The Kier molecular flexibility index (Phi) is 9.05. The van der Waals surface area contributed by atoms with Crippen LogP contribution in [0, 0.1) is 6.92 Å². The molecule has 0 aliphatic heterocycles. The number of rotatable bonds is 12. The minimum atomic E-state index is 0.766. The molecule has 0 atom stereocenters. The van der Waals surface area contributed by atoms with E-state index in [-0.39, 0.29) is 0 Å². The number of nitrogens with one attached hydrogen (secondary N) is 1. The summed E-state index contributed by atoms with van der Waals surface area (Å²) in [5.41, 5.74) is 1.04. The number of hydrogen-bond acceptors (Lipinski definition) is 5. The Bertz CT molecular complexity index is 382. The van der Waals surface area contributed by atoms with Gasteiger partial charge in [-0.3, -0.25) is 0 Å². The summed E-state index contributed by atoms with van der Waals surface area (Å²) >= 11 is 0. The maximum absolute atomic E-state index is 5.34. The van der Waals surface area contributed by atoms with Gasteiger partial charge in [0.15, 0.2) is 0 Å². The van der Waals surface area contributed by atoms with Crippen LogP contribution in [0.25, 0.3) is 0 Å². The maximum Gasteiger partial charge on any atom is 0.203 e. The molecular formula is C15H30N4O2. The summed E-state index contributed by atoms with van der Waals surface area (Å²) in [6.07, 6.45) is 3.09. The van der Waals surface area contributed by atoms with Crippen molar-refractivity contribution in [2.75, 3.05) is 58.9 Å². The Hall–Kier alpha value is -1.11. The molecule has 0 aromatic carbocycles. The molecule has 0 spiro atoms. The number of aryl methyl sites for hydroxylation is 1. The van der Waals surface area contributed by atoms with Crippen LogP contribution in [-0.2, 0) is 16.0 Å². The fourth-order valence-electron chi connectivity index (χ4n) is 2.01. The van der Waals surface area contributed by atoms with Crippen molar-refractivity contribution in [1.29, 1.82) is 0 Å². The van der Waals surface area contributed by atoms with Crippen LogP contribution in [0.1, 0.15) is 19.0 Å². The number of anilines is 1. The number of imidazole rings is 1. The van der Waals surface area contributed by atoms with Crippen LogP contribution < -0.4 is 5.32 Å². The average Bonchev–Trinajstić information content (AvgIpc) is 2.82. The van der Waals surface area contributed by atoms with Crippen LogP contribution in [0.3, 0.4) is 0 Å². The molecule has 0 saturated heterocycles. The smallest absolute Gasteiger partial charge is 0.203 e. The Morgan fingerprint density at radius 1 is 1.33 bits per heavy atom. The van der Waals surface area contributed by atoms with E-state index in [2.05, 4.69) is 33.0 Å². The van der Waals surface area contributed by atoms with Crippen molar-refractivity contribution < 1.29 is 9.47 Å². The van der Waals surface area contributed by atoms with Crippen LogP contribution in [0.2, 0.25) is 0 Å². The number of ether oxygens (including phenoxy) is 2. The molecule has 0 aliphatic rings. The zero-order valence-electron chi connectivity index (χ0n) is 13.9. The molecule has 1 N–H and O–H groups in total. The van der Waals surface area contributed by atoms with Gasteiger partial charge in [-0.2, -0.15) is 0 Å². The highest BCUT2D eigenvalue weighted by Gasteiger charge is 2.06. The third-order valence-electron chi connectivity index (χ3n) is 3.25. The second-order valence-corrected chi connectivity index (χ2v) is 5.17.